The van der Waals surface area contributed by atoms with E-state index < -0.39 is 11.9 Å². The fourth-order valence-corrected chi connectivity index (χ4v) is 4.11. The normalized spacial score (nSPS) is 10.7. The summed E-state index contributed by atoms with van der Waals surface area (Å²) in [6.07, 6.45) is 2.90. The molecular formula is C32H30O8. The second-order valence-electron chi connectivity index (χ2n) is 9.32. The van der Waals surface area contributed by atoms with Crippen molar-refractivity contribution in [1.82, 2.24) is 0 Å². The van der Waals surface area contributed by atoms with Crippen molar-refractivity contribution in [3.05, 3.63) is 84.9 Å². The smallest absolute Gasteiger partial charge is 0.311 e. The predicted molar refractivity (Wildman–Crippen MR) is 149 cm³/mol. The highest BCUT2D eigenvalue weighted by Crippen LogP contribution is 2.34. The molecule has 0 saturated carbocycles. The van der Waals surface area contributed by atoms with Crippen molar-refractivity contribution in [3.63, 3.8) is 0 Å². The summed E-state index contributed by atoms with van der Waals surface area (Å²) in [7, 11) is 0. The molecule has 0 atom stereocenters. The third kappa shape index (κ3) is 7.77. The van der Waals surface area contributed by atoms with Crippen LogP contribution in [0, 0.1) is 0 Å². The van der Waals surface area contributed by atoms with Gasteiger partial charge in [-0.05, 0) is 83.6 Å². The Morgan fingerprint density at radius 3 is 1.18 bits per heavy atom. The summed E-state index contributed by atoms with van der Waals surface area (Å²) in [6, 6.07) is 22.6. The number of phenols is 4. The zero-order chi connectivity index (χ0) is 28.5. The van der Waals surface area contributed by atoms with Crippen LogP contribution in [0.15, 0.2) is 84.9 Å². The minimum Gasteiger partial charge on any atom is -0.508 e. The van der Waals surface area contributed by atoms with Gasteiger partial charge in [-0.1, -0.05) is 49.2 Å². The molecule has 40 heavy (non-hydrogen) atoms. The van der Waals surface area contributed by atoms with Gasteiger partial charge in [0.1, 0.15) is 11.5 Å². The van der Waals surface area contributed by atoms with Crippen molar-refractivity contribution in [2.75, 3.05) is 0 Å². The Hall–Kier alpha value is -4.98. The van der Waals surface area contributed by atoms with E-state index in [-0.39, 0.29) is 47.3 Å². The zero-order valence-corrected chi connectivity index (χ0v) is 21.7. The molecule has 0 aliphatic carbocycles. The van der Waals surface area contributed by atoms with Crippen LogP contribution >= 0.6 is 0 Å². The van der Waals surface area contributed by atoms with Gasteiger partial charge in [0.2, 0.25) is 0 Å². The number of carbonyl (C=O) groups excluding carboxylic acids is 2. The van der Waals surface area contributed by atoms with Gasteiger partial charge in [-0.15, -0.1) is 0 Å². The quantitative estimate of drug-likeness (QED) is 0.0935. The molecule has 0 aliphatic rings. The predicted octanol–water partition coefficient (Wildman–Crippen LogP) is 6.69. The van der Waals surface area contributed by atoms with Crippen molar-refractivity contribution in [2.24, 2.45) is 0 Å². The number of aromatic hydroxyl groups is 4. The Morgan fingerprint density at radius 1 is 0.475 bits per heavy atom. The van der Waals surface area contributed by atoms with Crippen LogP contribution in [0.2, 0.25) is 0 Å². The van der Waals surface area contributed by atoms with E-state index >= 15 is 0 Å². The number of hydrogen-bond donors (Lipinski definition) is 4. The highest BCUT2D eigenvalue weighted by molar-refractivity contribution is 5.75. The van der Waals surface area contributed by atoms with Gasteiger partial charge in [-0.25, -0.2) is 0 Å². The molecule has 0 aliphatic heterocycles. The van der Waals surface area contributed by atoms with Gasteiger partial charge in [0.05, 0.1) is 0 Å². The minimum atomic E-state index is -0.460. The first-order chi connectivity index (χ1) is 19.3. The minimum absolute atomic E-state index is 0.0784. The van der Waals surface area contributed by atoms with E-state index in [0.29, 0.717) is 25.7 Å². The summed E-state index contributed by atoms with van der Waals surface area (Å²) in [6.45, 7) is 0. The third-order valence-electron chi connectivity index (χ3n) is 6.28. The molecule has 0 fully saturated rings. The number of rotatable bonds is 11. The molecule has 0 heterocycles. The number of ether oxygens (including phenoxy) is 2. The molecule has 4 rings (SSSR count). The lowest BCUT2D eigenvalue weighted by atomic mass is 10.1. The average Bonchev–Trinajstić information content (AvgIpc) is 2.94. The lowest BCUT2D eigenvalue weighted by Gasteiger charge is -2.09. The number of benzene rings is 4. The molecule has 0 spiro atoms. The van der Waals surface area contributed by atoms with Crippen LogP contribution in [0.5, 0.6) is 34.5 Å². The van der Waals surface area contributed by atoms with Crippen LogP contribution in [0.1, 0.15) is 38.5 Å². The first-order valence-corrected chi connectivity index (χ1v) is 12.9. The van der Waals surface area contributed by atoms with Gasteiger partial charge in [0, 0.05) is 12.8 Å². The van der Waals surface area contributed by atoms with Crippen LogP contribution in [-0.4, -0.2) is 32.4 Å². The highest BCUT2D eigenvalue weighted by atomic mass is 16.5. The topological polar surface area (TPSA) is 134 Å². The number of phenolic OH excluding ortho intramolecular Hbond substituents is 4. The lowest BCUT2D eigenvalue weighted by molar-refractivity contribution is -0.135. The maximum absolute atomic E-state index is 12.2. The molecule has 4 aromatic rings. The van der Waals surface area contributed by atoms with Gasteiger partial charge in [-0.2, -0.15) is 0 Å². The van der Waals surface area contributed by atoms with Crippen LogP contribution in [-0.2, 0) is 9.59 Å². The van der Waals surface area contributed by atoms with Gasteiger partial charge in [0.15, 0.2) is 23.0 Å². The summed E-state index contributed by atoms with van der Waals surface area (Å²) in [4.78, 5) is 24.4. The van der Waals surface area contributed by atoms with Gasteiger partial charge >= 0.3 is 11.9 Å². The van der Waals surface area contributed by atoms with Crippen molar-refractivity contribution in [1.29, 1.82) is 0 Å². The van der Waals surface area contributed by atoms with E-state index in [2.05, 4.69) is 0 Å². The molecule has 0 bridgehead atoms. The second-order valence-corrected chi connectivity index (χ2v) is 9.32. The van der Waals surface area contributed by atoms with Crippen molar-refractivity contribution >= 4 is 11.9 Å². The van der Waals surface area contributed by atoms with Gasteiger partial charge < -0.3 is 29.9 Å². The van der Waals surface area contributed by atoms with Gasteiger partial charge in [0.25, 0.3) is 0 Å². The zero-order valence-electron chi connectivity index (χ0n) is 21.7. The van der Waals surface area contributed by atoms with E-state index in [1.54, 1.807) is 60.7 Å². The molecular weight excluding hydrogens is 512 g/mol. The summed E-state index contributed by atoms with van der Waals surface area (Å²) in [5.74, 6) is -0.779. The van der Waals surface area contributed by atoms with Crippen LogP contribution in [0.25, 0.3) is 22.3 Å². The fourth-order valence-electron chi connectivity index (χ4n) is 4.11. The summed E-state index contributed by atoms with van der Waals surface area (Å²) in [5, 5.41) is 39.3. The number of esters is 2. The van der Waals surface area contributed by atoms with Crippen molar-refractivity contribution < 1.29 is 39.5 Å². The van der Waals surface area contributed by atoms with Crippen LogP contribution < -0.4 is 9.47 Å². The Bertz CT molecular complexity index is 1350. The van der Waals surface area contributed by atoms with Crippen molar-refractivity contribution in [2.45, 2.75) is 38.5 Å². The Morgan fingerprint density at radius 2 is 0.825 bits per heavy atom. The second kappa shape index (κ2) is 13.2. The lowest BCUT2D eigenvalue weighted by Crippen LogP contribution is -2.08. The van der Waals surface area contributed by atoms with Crippen LogP contribution in [0.4, 0.5) is 0 Å². The maximum Gasteiger partial charge on any atom is 0.311 e. The van der Waals surface area contributed by atoms with E-state index in [1.165, 1.54) is 24.3 Å². The highest BCUT2D eigenvalue weighted by Gasteiger charge is 2.12. The molecule has 0 radical (unpaired) electrons. The molecule has 0 saturated heterocycles. The Labute approximate surface area is 231 Å². The number of hydrogen-bond acceptors (Lipinski definition) is 8. The molecule has 0 unspecified atom stereocenters. The van der Waals surface area contributed by atoms with Gasteiger partial charge in [-0.3, -0.25) is 9.59 Å². The van der Waals surface area contributed by atoms with E-state index in [0.717, 1.165) is 22.3 Å². The summed E-state index contributed by atoms with van der Waals surface area (Å²) >= 11 is 0. The maximum atomic E-state index is 12.2. The largest absolute Gasteiger partial charge is 0.508 e. The molecule has 0 amide bonds. The molecule has 206 valence electrons. The summed E-state index contributed by atoms with van der Waals surface area (Å²) < 4.78 is 10.6. The van der Waals surface area contributed by atoms with E-state index in [9.17, 15) is 30.0 Å². The Kier molecular flexibility index (Phi) is 9.25. The van der Waals surface area contributed by atoms with Crippen molar-refractivity contribution in [3.8, 4) is 56.8 Å². The fraction of sp³-hybridized carbons (Fsp3) is 0.188. The first-order valence-electron chi connectivity index (χ1n) is 12.9. The van der Waals surface area contributed by atoms with Crippen LogP contribution in [0.3, 0.4) is 0 Å². The molecule has 0 aromatic heterocycles. The number of unbranched alkanes of at least 4 members (excludes halogenated alkanes) is 3. The Balaban J connectivity index is 1.14. The standard InChI is InChI=1S/C32H30O8/c33-25-13-7-21(8-14-25)23-11-17-29(27(35)19-23)39-31(37)5-3-1-2-4-6-32(38)40-30-18-12-24(20-28(30)36)22-9-15-26(34)16-10-22/h7-20,33-36H,1-6H2. The average molecular weight is 543 g/mol. The molecule has 4 N–H and O–H groups in total. The monoisotopic (exact) mass is 542 g/mol. The molecule has 8 nitrogen and oxygen atoms in total. The number of carbonyl (C=O) groups is 2. The van der Waals surface area contributed by atoms with E-state index in [1.807, 2.05) is 0 Å². The first kappa shape index (κ1) is 28.0. The summed E-state index contributed by atoms with van der Waals surface area (Å²) in [5.41, 5.74) is 3.04. The van der Waals surface area contributed by atoms with E-state index in [4.69, 9.17) is 9.47 Å². The SMILES string of the molecule is O=C(CCCCCCC(=O)Oc1ccc(-c2ccc(O)cc2)cc1O)Oc1ccc(-c2ccc(O)cc2)cc1O. The third-order valence-corrected chi connectivity index (χ3v) is 6.28. The molecule has 8 heteroatoms. The molecule has 4 aromatic carbocycles.